The second kappa shape index (κ2) is 12.2. The predicted molar refractivity (Wildman–Crippen MR) is 119 cm³/mol. The molecule has 4 heteroatoms. The molecule has 0 bridgehead atoms. The second-order valence-electron chi connectivity index (χ2n) is 9.27. The summed E-state index contributed by atoms with van der Waals surface area (Å²) in [7, 11) is 4.11. The molecule has 0 N–H and O–H groups in total. The first-order valence-corrected chi connectivity index (χ1v) is 10.4. The molecule has 0 fully saturated rings. The minimum Gasteiger partial charge on any atom is -0.345 e. The molecule has 0 aliphatic rings. The number of nitrogens with zero attached hydrogens (tertiary/aromatic N) is 2. The highest BCUT2D eigenvalue weighted by molar-refractivity contribution is 7.79. The molecule has 0 spiro atoms. The maximum atomic E-state index is 12.4. The van der Waals surface area contributed by atoms with E-state index in [1.54, 1.807) is 6.26 Å². The number of amides is 1. The van der Waals surface area contributed by atoms with E-state index < -0.39 is 0 Å². The molecular formula is C21H48N2OS. The summed E-state index contributed by atoms with van der Waals surface area (Å²) in [6.07, 6.45) is 2.75. The van der Waals surface area contributed by atoms with Crippen LogP contribution in [0.3, 0.4) is 0 Å². The van der Waals surface area contributed by atoms with E-state index in [0.29, 0.717) is 6.04 Å². The molecule has 0 saturated heterocycles. The molecule has 0 aromatic carbocycles. The molecule has 0 aromatic heterocycles. The summed E-state index contributed by atoms with van der Waals surface area (Å²) >= 11 is 3.53. The van der Waals surface area contributed by atoms with E-state index in [1.165, 1.54) is 0 Å². The van der Waals surface area contributed by atoms with Gasteiger partial charge in [0.1, 0.15) is 0 Å². The van der Waals surface area contributed by atoms with Crippen molar-refractivity contribution in [2.75, 3.05) is 26.9 Å². The summed E-state index contributed by atoms with van der Waals surface area (Å²) in [4.78, 5) is 16.7. The molecule has 1 amide bonds. The van der Waals surface area contributed by atoms with Crippen LogP contribution in [-0.4, -0.2) is 54.2 Å². The van der Waals surface area contributed by atoms with Crippen molar-refractivity contribution in [1.82, 2.24) is 9.80 Å². The highest BCUT2D eigenvalue weighted by Crippen LogP contribution is 2.33. The van der Waals surface area contributed by atoms with Crippen molar-refractivity contribution in [1.29, 1.82) is 0 Å². The summed E-state index contributed by atoms with van der Waals surface area (Å²) in [6.45, 7) is 24.3. The molecule has 3 nitrogen and oxygen atoms in total. The first-order chi connectivity index (χ1) is 11.1. The van der Waals surface area contributed by atoms with Crippen LogP contribution >= 0.6 is 12.6 Å². The average molecular weight is 377 g/mol. The number of carbonyl (C=O) groups is 1. The fraction of sp³-hybridized carbons (Fsp3) is 0.952. The normalized spacial score (nSPS) is 12.2. The van der Waals surface area contributed by atoms with Crippen molar-refractivity contribution >= 4 is 18.5 Å². The predicted octanol–water partition coefficient (Wildman–Crippen LogP) is 5.60. The van der Waals surface area contributed by atoms with Gasteiger partial charge in [0.2, 0.25) is 5.91 Å². The lowest BCUT2D eigenvalue weighted by atomic mass is 9.78. The highest BCUT2D eigenvalue weighted by atomic mass is 32.1. The average Bonchev–Trinajstić information content (AvgIpc) is 2.46. The minimum atomic E-state index is -0.310. The number of rotatable bonds is 6. The third-order valence-corrected chi connectivity index (χ3v) is 4.29. The van der Waals surface area contributed by atoms with E-state index in [9.17, 15) is 4.79 Å². The van der Waals surface area contributed by atoms with Crippen LogP contribution < -0.4 is 0 Å². The lowest BCUT2D eigenvalue weighted by Crippen LogP contribution is -2.50. The van der Waals surface area contributed by atoms with Crippen LogP contribution in [0.25, 0.3) is 0 Å². The topological polar surface area (TPSA) is 23.6 Å². The van der Waals surface area contributed by atoms with E-state index in [0.717, 1.165) is 13.0 Å². The fourth-order valence-corrected chi connectivity index (χ4v) is 3.34. The van der Waals surface area contributed by atoms with Gasteiger partial charge in [-0.3, -0.25) is 9.69 Å². The van der Waals surface area contributed by atoms with Crippen molar-refractivity contribution in [3.05, 3.63) is 0 Å². The molecular weight excluding hydrogens is 328 g/mol. The van der Waals surface area contributed by atoms with Crippen molar-refractivity contribution in [2.45, 2.75) is 94.2 Å². The van der Waals surface area contributed by atoms with Crippen LogP contribution in [0.15, 0.2) is 0 Å². The number of hydrogen-bond acceptors (Lipinski definition) is 3. The summed E-state index contributed by atoms with van der Waals surface area (Å²) in [5, 5.41) is 0. The smallest absolute Gasteiger partial charge is 0.227 e. The van der Waals surface area contributed by atoms with Crippen LogP contribution in [0.4, 0.5) is 0 Å². The highest BCUT2D eigenvalue weighted by Gasteiger charge is 2.35. The largest absolute Gasteiger partial charge is 0.345 e. The van der Waals surface area contributed by atoms with Gasteiger partial charge in [0.05, 0.1) is 0 Å². The quantitative estimate of drug-likeness (QED) is 0.610. The van der Waals surface area contributed by atoms with Crippen LogP contribution in [0.5, 0.6) is 0 Å². The molecule has 0 aromatic rings. The monoisotopic (exact) mass is 376 g/mol. The molecule has 0 unspecified atom stereocenters. The Labute approximate surface area is 165 Å². The van der Waals surface area contributed by atoms with E-state index in [1.807, 2.05) is 46.6 Å². The Morgan fingerprint density at radius 2 is 1.28 bits per heavy atom. The van der Waals surface area contributed by atoms with Gasteiger partial charge in [0.25, 0.3) is 0 Å². The van der Waals surface area contributed by atoms with Gasteiger partial charge in [-0.05, 0) is 52.8 Å². The second-order valence-corrected chi connectivity index (χ2v) is 9.27. The zero-order chi connectivity index (χ0) is 21.2. The number of thiol groups is 1. The molecule has 0 atom stereocenters. The Kier molecular flexibility index (Phi) is 14.4. The molecule has 0 aliphatic carbocycles. The molecule has 0 heterocycles. The Balaban J connectivity index is -0.00000112. The van der Waals surface area contributed by atoms with Gasteiger partial charge < -0.3 is 4.90 Å². The molecule has 0 aliphatic heterocycles. The minimum absolute atomic E-state index is 0.0856. The van der Waals surface area contributed by atoms with Crippen LogP contribution in [0.2, 0.25) is 0 Å². The van der Waals surface area contributed by atoms with Gasteiger partial charge in [-0.2, -0.15) is 12.6 Å². The summed E-state index contributed by atoms with van der Waals surface area (Å²) < 4.78 is 0. The van der Waals surface area contributed by atoms with Gasteiger partial charge in [-0.15, -0.1) is 0 Å². The van der Waals surface area contributed by atoms with Crippen molar-refractivity contribution < 1.29 is 4.79 Å². The number of carbonyl (C=O) groups excluding carboxylic acids is 1. The van der Waals surface area contributed by atoms with E-state index in [2.05, 4.69) is 66.1 Å². The van der Waals surface area contributed by atoms with E-state index >= 15 is 0 Å². The molecule has 25 heavy (non-hydrogen) atoms. The van der Waals surface area contributed by atoms with Crippen LogP contribution in [0, 0.1) is 10.8 Å². The standard InChI is InChI=1S/C18H38N2O.C2H6.CH4S/c1-14(2)20(11)18(8,9)12-17(6,7)13-19(10)15(21)16(3,4)5;2*1-2/h14H,12-13H2,1-11H3;1-2H3;2H,1H3. The Morgan fingerprint density at radius 3 is 1.56 bits per heavy atom. The zero-order valence-corrected chi connectivity index (χ0v) is 20.6. The Bertz CT molecular complexity index is 357. The first-order valence-electron chi connectivity index (χ1n) is 9.53. The van der Waals surface area contributed by atoms with Gasteiger partial charge in [-0.25, -0.2) is 0 Å². The van der Waals surface area contributed by atoms with Gasteiger partial charge in [0.15, 0.2) is 0 Å². The van der Waals surface area contributed by atoms with Crippen molar-refractivity contribution in [2.24, 2.45) is 10.8 Å². The van der Waals surface area contributed by atoms with E-state index in [-0.39, 0.29) is 22.3 Å². The van der Waals surface area contributed by atoms with Gasteiger partial charge in [-0.1, -0.05) is 48.5 Å². The number of hydrogen-bond donors (Lipinski definition) is 1. The van der Waals surface area contributed by atoms with Gasteiger partial charge >= 0.3 is 0 Å². The molecule has 0 rings (SSSR count). The third-order valence-electron chi connectivity index (χ3n) is 4.29. The van der Waals surface area contributed by atoms with Crippen LogP contribution in [-0.2, 0) is 4.79 Å². The summed E-state index contributed by atoms with van der Waals surface area (Å²) in [5.41, 5.74) is -0.110. The first kappa shape index (κ1) is 29.5. The van der Waals surface area contributed by atoms with Crippen molar-refractivity contribution in [3.8, 4) is 0 Å². The Hall–Kier alpha value is -0.220. The zero-order valence-electron chi connectivity index (χ0n) is 19.7. The lowest BCUT2D eigenvalue weighted by Gasteiger charge is -2.44. The van der Waals surface area contributed by atoms with Gasteiger partial charge in [0, 0.05) is 30.6 Å². The fourth-order valence-electron chi connectivity index (χ4n) is 3.34. The SMILES string of the molecule is CC.CC(C)N(C)C(C)(C)CC(C)(C)CN(C)C(=O)C(C)(C)C.CS. The Morgan fingerprint density at radius 1 is 0.920 bits per heavy atom. The lowest BCUT2D eigenvalue weighted by molar-refractivity contribution is -0.139. The van der Waals surface area contributed by atoms with E-state index in [4.69, 9.17) is 0 Å². The maximum Gasteiger partial charge on any atom is 0.227 e. The van der Waals surface area contributed by atoms with Crippen LogP contribution in [0.1, 0.15) is 82.6 Å². The summed E-state index contributed by atoms with van der Waals surface area (Å²) in [5.74, 6) is 0.214. The molecule has 0 radical (unpaired) electrons. The maximum absolute atomic E-state index is 12.4. The third kappa shape index (κ3) is 11.9. The molecule has 0 saturated carbocycles. The molecule has 154 valence electrons. The van der Waals surface area contributed by atoms with Crippen molar-refractivity contribution in [3.63, 3.8) is 0 Å². The summed E-state index contributed by atoms with van der Waals surface area (Å²) in [6, 6.07) is 0.518.